The molecule has 2 saturated heterocycles. The van der Waals surface area contributed by atoms with Crippen molar-refractivity contribution in [2.45, 2.75) is 71.2 Å². The molecule has 0 aliphatic carbocycles. The van der Waals surface area contributed by atoms with Crippen LogP contribution in [0.15, 0.2) is 0 Å². The third-order valence-corrected chi connectivity index (χ3v) is 4.46. The largest absolute Gasteiger partial charge is 0.347 e. The zero-order valence-corrected chi connectivity index (χ0v) is 13.2. The van der Waals surface area contributed by atoms with Crippen LogP contribution >= 0.6 is 0 Å². The molecule has 0 N–H and O–H groups in total. The fourth-order valence-corrected chi connectivity index (χ4v) is 3.38. The second-order valence-electron chi connectivity index (χ2n) is 6.25. The summed E-state index contributed by atoms with van der Waals surface area (Å²) < 4.78 is 11.7. The number of hydrogen-bond donors (Lipinski definition) is 0. The fourth-order valence-electron chi connectivity index (χ4n) is 3.38. The van der Waals surface area contributed by atoms with E-state index in [2.05, 4.69) is 13.8 Å². The molecule has 0 unspecified atom stereocenters. The number of carbonyl (C=O) groups is 1. The Morgan fingerprint density at radius 1 is 1.25 bits per heavy atom. The summed E-state index contributed by atoms with van der Waals surface area (Å²) in [5, 5.41) is 0. The average Bonchev–Trinajstić information content (AvgIpc) is 2.80. The molecule has 0 aromatic rings. The van der Waals surface area contributed by atoms with Crippen LogP contribution in [0, 0.1) is 5.92 Å². The molecule has 2 aliphatic rings. The number of likely N-dealkylation sites (tertiary alicyclic amines) is 1. The first-order chi connectivity index (χ1) is 9.60. The van der Waals surface area contributed by atoms with E-state index < -0.39 is 5.79 Å². The highest BCUT2D eigenvalue weighted by molar-refractivity contribution is 5.78. The van der Waals surface area contributed by atoms with Gasteiger partial charge in [-0.25, -0.2) is 0 Å². The highest BCUT2D eigenvalue weighted by atomic mass is 16.7. The van der Waals surface area contributed by atoms with Crippen LogP contribution in [0.5, 0.6) is 0 Å². The van der Waals surface area contributed by atoms with Crippen molar-refractivity contribution in [1.82, 2.24) is 4.90 Å². The topological polar surface area (TPSA) is 38.8 Å². The normalized spacial score (nSPS) is 25.6. The van der Waals surface area contributed by atoms with Crippen molar-refractivity contribution in [3.63, 3.8) is 0 Å². The van der Waals surface area contributed by atoms with E-state index in [9.17, 15) is 4.79 Å². The van der Waals surface area contributed by atoms with Crippen LogP contribution in [-0.2, 0) is 14.3 Å². The standard InChI is InChI=1S/C16H29NO3/c1-4-6-14(7-5-2)15(18)17-10-8-16(9-11-17)19-12-13(3)20-16/h13-14H,4-12H2,1-3H3/t13-/m0/s1. The Kier molecular flexibility index (Phi) is 5.44. The number of hydrogen-bond acceptors (Lipinski definition) is 3. The maximum atomic E-state index is 12.6. The average molecular weight is 283 g/mol. The van der Waals surface area contributed by atoms with Crippen molar-refractivity contribution in [3.05, 3.63) is 0 Å². The van der Waals surface area contributed by atoms with E-state index >= 15 is 0 Å². The van der Waals surface area contributed by atoms with Crippen LogP contribution in [0.3, 0.4) is 0 Å². The van der Waals surface area contributed by atoms with E-state index in [1.807, 2.05) is 11.8 Å². The van der Waals surface area contributed by atoms with Crippen LogP contribution in [0.25, 0.3) is 0 Å². The summed E-state index contributed by atoms with van der Waals surface area (Å²) in [4.78, 5) is 14.6. The zero-order valence-electron chi connectivity index (χ0n) is 13.2. The van der Waals surface area contributed by atoms with Gasteiger partial charge in [0.1, 0.15) is 0 Å². The van der Waals surface area contributed by atoms with E-state index in [0.717, 1.165) is 51.6 Å². The summed E-state index contributed by atoms with van der Waals surface area (Å²) >= 11 is 0. The van der Waals surface area contributed by atoms with E-state index in [-0.39, 0.29) is 12.0 Å². The summed E-state index contributed by atoms with van der Waals surface area (Å²) in [5.74, 6) is 0.152. The number of ether oxygens (including phenoxy) is 2. The summed E-state index contributed by atoms with van der Waals surface area (Å²) in [5.41, 5.74) is 0. The van der Waals surface area contributed by atoms with E-state index in [4.69, 9.17) is 9.47 Å². The molecule has 2 rings (SSSR count). The minimum atomic E-state index is -0.402. The monoisotopic (exact) mass is 283 g/mol. The predicted molar refractivity (Wildman–Crippen MR) is 78.4 cm³/mol. The van der Waals surface area contributed by atoms with E-state index in [1.165, 1.54) is 0 Å². The maximum absolute atomic E-state index is 12.6. The van der Waals surface area contributed by atoms with Crippen molar-refractivity contribution in [1.29, 1.82) is 0 Å². The summed E-state index contributed by atoms with van der Waals surface area (Å²) in [6.45, 7) is 8.59. The molecule has 116 valence electrons. The van der Waals surface area contributed by atoms with Gasteiger partial charge in [0.25, 0.3) is 0 Å². The third-order valence-electron chi connectivity index (χ3n) is 4.46. The molecule has 0 aromatic carbocycles. The lowest BCUT2D eigenvalue weighted by Gasteiger charge is -2.39. The molecule has 0 saturated carbocycles. The molecule has 4 nitrogen and oxygen atoms in total. The Morgan fingerprint density at radius 3 is 2.30 bits per heavy atom. The predicted octanol–water partition coefficient (Wildman–Crippen LogP) is 2.96. The molecule has 1 spiro atoms. The number of rotatable bonds is 5. The van der Waals surface area contributed by atoms with Gasteiger partial charge in [-0.15, -0.1) is 0 Å². The molecular weight excluding hydrogens is 254 g/mol. The van der Waals surface area contributed by atoms with Gasteiger partial charge in [0.15, 0.2) is 5.79 Å². The molecule has 0 radical (unpaired) electrons. The molecule has 2 heterocycles. The van der Waals surface area contributed by atoms with Crippen molar-refractivity contribution in [2.75, 3.05) is 19.7 Å². The van der Waals surface area contributed by atoms with Gasteiger partial charge in [-0.05, 0) is 19.8 Å². The molecule has 2 fully saturated rings. The number of amides is 1. The van der Waals surface area contributed by atoms with Crippen molar-refractivity contribution in [2.24, 2.45) is 5.92 Å². The Balaban J connectivity index is 1.87. The number of piperidine rings is 1. The molecule has 4 heteroatoms. The molecular formula is C16H29NO3. The molecule has 1 atom stereocenters. The SMILES string of the molecule is CCCC(CCC)C(=O)N1CCC2(CC1)OC[C@H](C)O2. The molecule has 0 bridgehead atoms. The lowest BCUT2D eigenvalue weighted by atomic mass is 9.94. The smallest absolute Gasteiger partial charge is 0.225 e. The van der Waals surface area contributed by atoms with Gasteiger partial charge in [-0.2, -0.15) is 0 Å². The van der Waals surface area contributed by atoms with Gasteiger partial charge in [0.2, 0.25) is 5.91 Å². The molecule has 0 aromatic heterocycles. The van der Waals surface area contributed by atoms with Gasteiger partial charge >= 0.3 is 0 Å². The van der Waals surface area contributed by atoms with Crippen LogP contribution in [0.2, 0.25) is 0 Å². The van der Waals surface area contributed by atoms with Gasteiger partial charge in [-0.1, -0.05) is 26.7 Å². The van der Waals surface area contributed by atoms with Crippen LogP contribution in [-0.4, -0.2) is 42.4 Å². The summed E-state index contributed by atoms with van der Waals surface area (Å²) in [7, 11) is 0. The van der Waals surface area contributed by atoms with Gasteiger partial charge < -0.3 is 14.4 Å². The second-order valence-corrected chi connectivity index (χ2v) is 6.25. The van der Waals surface area contributed by atoms with Crippen molar-refractivity contribution in [3.8, 4) is 0 Å². The second kappa shape index (κ2) is 6.90. The van der Waals surface area contributed by atoms with E-state index in [0.29, 0.717) is 12.5 Å². The molecule has 20 heavy (non-hydrogen) atoms. The van der Waals surface area contributed by atoms with Crippen molar-refractivity contribution < 1.29 is 14.3 Å². The van der Waals surface area contributed by atoms with Crippen LogP contribution in [0.4, 0.5) is 0 Å². The van der Waals surface area contributed by atoms with Gasteiger partial charge in [0.05, 0.1) is 12.7 Å². The zero-order chi connectivity index (χ0) is 14.6. The lowest BCUT2D eigenvalue weighted by Crippen LogP contribution is -2.49. The summed E-state index contributed by atoms with van der Waals surface area (Å²) in [6.07, 6.45) is 6.00. The van der Waals surface area contributed by atoms with Gasteiger partial charge in [-0.3, -0.25) is 4.79 Å². The fraction of sp³-hybridized carbons (Fsp3) is 0.938. The van der Waals surface area contributed by atoms with Gasteiger partial charge in [0, 0.05) is 31.8 Å². The van der Waals surface area contributed by atoms with E-state index in [1.54, 1.807) is 0 Å². The Bertz CT molecular complexity index is 318. The first-order valence-corrected chi connectivity index (χ1v) is 8.20. The number of carbonyl (C=O) groups excluding carboxylic acids is 1. The number of nitrogens with zero attached hydrogens (tertiary/aromatic N) is 1. The molecule has 2 aliphatic heterocycles. The van der Waals surface area contributed by atoms with Crippen LogP contribution < -0.4 is 0 Å². The lowest BCUT2D eigenvalue weighted by molar-refractivity contribution is -0.195. The maximum Gasteiger partial charge on any atom is 0.225 e. The highest BCUT2D eigenvalue weighted by Crippen LogP contribution is 2.34. The molecule has 1 amide bonds. The Hall–Kier alpha value is -0.610. The first-order valence-electron chi connectivity index (χ1n) is 8.20. The van der Waals surface area contributed by atoms with Crippen molar-refractivity contribution >= 4 is 5.91 Å². The quantitative estimate of drug-likeness (QED) is 0.778. The summed E-state index contributed by atoms with van der Waals surface area (Å²) in [6, 6.07) is 0. The minimum Gasteiger partial charge on any atom is -0.347 e. The first kappa shape index (κ1) is 15.8. The van der Waals surface area contributed by atoms with Crippen LogP contribution in [0.1, 0.15) is 59.3 Å². The highest BCUT2D eigenvalue weighted by Gasteiger charge is 2.43. The Labute approximate surface area is 122 Å². The minimum absolute atomic E-state index is 0.185. The third kappa shape index (κ3) is 3.53. The Morgan fingerprint density at radius 2 is 1.85 bits per heavy atom.